The van der Waals surface area contributed by atoms with Gasteiger partial charge in [0, 0.05) is 22.4 Å². The number of carbonyl (C=O) groups excluding carboxylic acids is 1. The number of hydrogen-bond acceptors (Lipinski definition) is 5. The number of Topliss-reactive ketones (excluding diaryl/α,β-unsaturated/α-hetero) is 1. The lowest BCUT2D eigenvalue weighted by Gasteiger charge is -2.18. The number of benzene rings is 1. The number of ketones is 1. The van der Waals surface area contributed by atoms with Gasteiger partial charge < -0.3 is 5.41 Å². The zero-order valence-corrected chi connectivity index (χ0v) is 16.5. The van der Waals surface area contributed by atoms with Gasteiger partial charge >= 0.3 is 0 Å². The summed E-state index contributed by atoms with van der Waals surface area (Å²) in [6.45, 7) is 0. The highest BCUT2D eigenvalue weighted by Gasteiger charge is 2.43. The number of thiophene rings is 1. The fourth-order valence-corrected chi connectivity index (χ4v) is 5.44. The molecule has 0 unspecified atom stereocenters. The largest absolute Gasteiger partial charge is 0.304 e. The van der Waals surface area contributed by atoms with Gasteiger partial charge in [0.05, 0.1) is 22.2 Å². The van der Waals surface area contributed by atoms with Crippen molar-refractivity contribution in [3.63, 3.8) is 0 Å². The summed E-state index contributed by atoms with van der Waals surface area (Å²) in [7, 11) is 0. The highest BCUT2D eigenvalue weighted by molar-refractivity contribution is 7.12. The number of rotatable bonds is 4. The van der Waals surface area contributed by atoms with Gasteiger partial charge in [-0.15, -0.1) is 22.7 Å². The van der Waals surface area contributed by atoms with Crippen LogP contribution in [0.3, 0.4) is 0 Å². The molecule has 0 spiro atoms. The normalized spacial score (nSPS) is 20.6. The number of nitrogens with one attached hydrogen (secondary N) is 1. The van der Waals surface area contributed by atoms with Crippen molar-refractivity contribution in [2.45, 2.75) is 0 Å². The molecule has 2 heterocycles. The van der Waals surface area contributed by atoms with Gasteiger partial charge in [0.25, 0.3) is 0 Å². The van der Waals surface area contributed by atoms with E-state index in [1.54, 1.807) is 0 Å². The first-order chi connectivity index (χ1) is 13.7. The van der Waals surface area contributed by atoms with Crippen molar-refractivity contribution in [3.8, 4) is 11.3 Å². The third-order valence-corrected chi connectivity index (χ3v) is 6.87. The maximum atomic E-state index is 13.1. The third-order valence-electron chi connectivity index (χ3n) is 5.13. The molecule has 2 atom stereocenters. The van der Waals surface area contributed by atoms with E-state index in [-0.39, 0.29) is 11.7 Å². The molecule has 0 saturated carbocycles. The number of aromatic nitrogens is 1. The minimum Gasteiger partial charge on any atom is -0.304 e. The van der Waals surface area contributed by atoms with Gasteiger partial charge in [0.2, 0.25) is 0 Å². The van der Waals surface area contributed by atoms with E-state index in [0.717, 1.165) is 27.4 Å². The number of fused-ring (bicyclic) bond motifs is 1. The van der Waals surface area contributed by atoms with Crippen LogP contribution < -0.4 is 0 Å². The van der Waals surface area contributed by atoms with Crippen molar-refractivity contribution in [3.05, 3.63) is 93.0 Å². The lowest BCUT2D eigenvalue weighted by molar-refractivity contribution is 0.0948. The van der Waals surface area contributed by atoms with E-state index >= 15 is 0 Å². The van der Waals surface area contributed by atoms with Gasteiger partial charge in [-0.05, 0) is 17.0 Å². The predicted octanol–water partition coefficient (Wildman–Crippen LogP) is 5.90. The Morgan fingerprint density at radius 2 is 1.89 bits per heavy atom. The first-order valence-corrected chi connectivity index (χ1v) is 10.8. The quantitative estimate of drug-likeness (QED) is 0.554. The summed E-state index contributed by atoms with van der Waals surface area (Å²) in [5.74, 6) is -0.544. The summed E-state index contributed by atoms with van der Waals surface area (Å²) < 4.78 is 0. The fourth-order valence-electron chi connectivity index (χ4n) is 3.82. The van der Waals surface area contributed by atoms with E-state index in [0.29, 0.717) is 10.6 Å². The molecule has 28 heavy (non-hydrogen) atoms. The summed E-state index contributed by atoms with van der Waals surface area (Å²) in [5.41, 5.74) is 4.18. The molecular weight excluding hydrogens is 384 g/mol. The summed E-state index contributed by atoms with van der Waals surface area (Å²) in [4.78, 5) is 18.7. The SMILES string of the molecule is N=C1C(c2nc(-c3ccccc3)cs2)=C2C=CC=C[C@@H]2[C@H]1C(=O)c1cccs1. The van der Waals surface area contributed by atoms with Gasteiger partial charge in [-0.1, -0.05) is 60.7 Å². The van der Waals surface area contributed by atoms with E-state index in [1.807, 2.05) is 77.5 Å². The van der Waals surface area contributed by atoms with E-state index in [9.17, 15) is 4.79 Å². The second kappa shape index (κ2) is 6.93. The molecule has 2 aliphatic rings. The molecule has 1 aromatic carbocycles. The molecule has 0 saturated heterocycles. The maximum absolute atomic E-state index is 13.1. The van der Waals surface area contributed by atoms with Crippen LogP contribution in [0.25, 0.3) is 16.8 Å². The Morgan fingerprint density at radius 1 is 1.04 bits per heavy atom. The maximum Gasteiger partial charge on any atom is 0.182 e. The molecule has 5 rings (SSSR count). The van der Waals surface area contributed by atoms with Crippen LogP contribution in [0, 0.1) is 17.2 Å². The fraction of sp³-hybridized carbons (Fsp3) is 0.0870. The Morgan fingerprint density at radius 3 is 2.68 bits per heavy atom. The zero-order valence-electron chi connectivity index (χ0n) is 14.8. The number of allylic oxidation sites excluding steroid dienone is 6. The summed E-state index contributed by atoms with van der Waals surface area (Å²) in [5, 5.41) is 13.6. The van der Waals surface area contributed by atoms with Crippen molar-refractivity contribution in [1.29, 1.82) is 5.41 Å². The van der Waals surface area contributed by atoms with Crippen LogP contribution in [0.2, 0.25) is 0 Å². The average molecular weight is 401 g/mol. The van der Waals surface area contributed by atoms with Crippen molar-refractivity contribution in [2.75, 3.05) is 0 Å². The van der Waals surface area contributed by atoms with E-state index in [1.165, 1.54) is 22.7 Å². The van der Waals surface area contributed by atoms with Crippen LogP contribution in [0.4, 0.5) is 0 Å². The average Bonchev–Trinajstić information content (AvgIpc) is 3.47. The van der Waals surface area contributed by atoms with E-state index < -0.39 is 5.92 Å². The summed E-state index contributed by atoms with van der Waals surface area (Å²) in [6.07, 6.45) is 8.01. The number of hydrogen-bond donors (Lipinski definition) is 1. The van der Waals surface area contributed by atoms with Crippen LogP contribution >= 0.6 is 22.7 Å². The van der Waals surface area contributed by atoms with Crippen molar-refractivity contribution in [2.24, 2.45) is 11.8 Å². The van der Waals surface area contributed by atoms with Crippen LogP contribution in [0.15, 0.2) is 83.1 Å². The van der Waals surface area contributed by atoms with Gasteiger partial charge in [-0.2, -0.15) is 0 Å². The molecule has 0 amide bonds. The van der Waals surface area contributed by atoms with Crippen LogP contribution in [0.1, 0.15) is 14.7 Å². The minimum absolute atomic E-state index is 0.0253. The highest BCUT2D eigenvalue weighted by atomic mass is 32.1. The molecule has 1 N–H and O–H groups in total. The molecule has 0 radical (unpaired) electrons. The Kier molecular flexibility index (Phi) is 4.26. The Hall–Kier alpha value is -2.89. The lowest BCUT2D eigenvalue weighted by atomic mass is 9.84. The number of nitrogens with zero attached hydrogens (tertiary/aromatic N) is 1. The van der Waals surface area contributed by atoms with E-state index in [2.05, 4.69) is 0 Å². The Bertz CT molecular complexity index is 1150. The summed E-state index contributed by atoms with van der Waals surface area (Å²) in [6, 6.07) is 13.8. The molecule has 3 nitrogen and oxygen atoms in total. The van der Waals surface area contributed by atoms with Gasteiger partial charge in [-0.3, -0.25) is 4.79 Å². The smallest absolute Gasteiger partial charge is 0.182 e. The predicted molar refractivity (Wildman–Crippen MR) is 116 cm³/mol. The molecule has 0 fully saturated rings. The highest BCUT2D eigenvalue weighted by Crippen LogP contribution is 2.45. The molecule has 3 aromatic rings. The van der Waals surface area contributed by atoms with Gasteiger partial charge in [0.1, 0.15) is 5.01 Å². The molecule has 136 valence electrons. The third kappa shape index (κ3) is 2.75. The van der Waals surface area contributed by atoms with Crippen molar-refractivity contribution in [1.82, 2.24) is 4.98 Å². The molecule has 2 aromatic heterocycles. The molecule has 5 heteroatoms. The van der Waals surface area contributed by atoms with Crippen molar-refractivity contribution < 1.29 is 4.79 Å². The Balaban J connectivity index is 1.57. The second-order valence-corrected chi connectivity index (χ2v) is 8.54. The molecule has 2 aliphatic carbocycles. The monoisotopic (exact) mass is 400 g/mol. The van der Waals surface area contributed by atoms with Crippen LogP contribution in [-0.2, 0) is 0 Å². The van der Waals surface area contributed by atoms with Crippen LogP contribution in [-0.4, -0.2) is 16.5 Å². The molecule has 0 bridgehead atoms. The van der Waals surface area contributed by atoms with Gasteiger partial charge in [0.15, 0.2) is 5.78 Å². The summed E-state index contributed by atoms with van der Waals surface area (Å²) >= 11 is 2.97. The second-order valence-electron chi connectivity index (χ2n) is 6.74. The zero-order chi connectivity index (χ0) is 19.1. The standard InChI is InChI=1S/C23H16N2OS2/c24-21-19(22(26)18-11-6-12-27-18)15-9-4-5-10-16(15)20(21)23-25-17(13-28-23)14-7-2-1-3-8-14/h1-13,15,19,24H/t15-,19+/m0/s1. The Labute approximate surface area is 170 Å². The lowest BCUT2D eigenvalue weighted by Crippen LogP contribution is -2.25. The van der Waals surface area contributed by atoms with E-state index in [4.69, 9.17) is 10.4 Å². The minimum atomic E-state index is -0.478. The topological polar surface area (TPSA) is 53.8 Å². The first kappa shape index (κ1) is 17.2. The molecule has 0 aliphatic heterocycles. The molecular formula is C23H16N2OS2. The first-order valence-electron chi connectivity index (χ1n) is 9.01. The number of thiazole rings is 1. The van der Waals surface area contributed by atoms with Gasteiger partial charge in [-0.25, -0.2) is 4.98 Å². The van der Waals surface area contributed by atoms with Crippen LogP contribution in [0.5, 0.6) is 0 Å². The van der Waals surface area contributed by atoms with Crippen molar-refractivity contribution >= 4 is 39.7 Å². The number of carbonyl (C=O) groups is 1.